The van der Waals surface area contributed by atoms with Gasteiger partial charge in [0, 0.05) is 0 Å². The van der Waals surface area contributed by atoms with Crippen LogP contribution in [0, 0.1) is 0 Å². The second-order valence-electron chi connectivity index (χ2n) is 3.52. The molecule has 5 heteroatoms. The largest absolute Gasteiger partial charge is 0.497 e. The van der Waals surface area contributed by atoms with Crippen LogP contribution in [-0.4, -0.2) is 7.11 Å². The lowest BCUT2D eigenvalue weighted by atomic mass is 10.1. The molecule has 0 saturated carbocycles. The fourth-order valence-corrected chi connectivity index (χ4v) is 1.97. The van der Waals surface area contributed by atoms with Gasteiger partial charge in [0.1, 0.15) is 17.6 Å². The zero-order chi connectivity index (χ0) is 12.3. The Morgan fingerprint density at radius 3 is 2.76 bits per heavy atom. The molecule has 0 bridgehead atoms. The third kappa shape index (κ3) is 2.69. The van der Waals surface area contributed by atoms with Crippen LogP contribution < -0.4 is 16.0 Å². The van der Waals surface area contributed by atoms with E-state index in [0.717, 1.165) is 17.1 Å². The van der Waals surface area contributed by atoms with Crippen molar-refractivity contribution in [2.24, 2.45) is 5.84 Å². The van der Waals surface area contributed by atoms with Crippen LogP contribution >= 0.6 is 15.9 Å². The number of methoxy groups -OCH3 is 1. The molecule has 1 aromatic carbocycles. The number of benzene rings is 1. The summed E-state index contributed by atoms with van der Waals surface area (Å²) < 4.78 is 11.4. The van der Waals surface area contributed by atoms with Crippen molar-refractivity contribution in [3.8, 4) is 5.75 Å². The topological polar surface area (TPSA) is 60.4 Å². The first-order chi connectivity index (χ1) is 8.24. The first kappa shape index (κ1) is 12.2. The number of rotatable bonds is 4. The number of nitrogens with one attached hydrogen (secondary N) is 1. The van der Waals surface area contributed by atoms with Gasteiger partial charge >= 0.3 is 0 Å². The minimum atomic E-state index is -0.198. The molecule has 2 aromatic rings. The zero-order valence-electron chi connectivity index (χ0n) is 9.31. The van der Waals surface area contributed by atoms with Crippen molar-refractivity contribution < 1.29 is 9.15 Å². The van der Waals surface area contributed by atoms with Gasteiger partial charge < -0.3 is 9.15 Å². The molecule has 1 aromatic heterocycles. The lowest BCUT2D eigenvalue weighted by Crippen LogP contribution is -2.28. The van der Waals surface area contributed by atoms with E-state index in [-0.39, 0.29) is 6.04 Å². The maximum atomic E-state index is 5.57. The highest BCUT2D eigenvalue weighted by Crippen LogP contribution is 2.27. The third-order valence-corrected chi connectivity index (χ3v) is 2.90. The number of ether oxygens (including phenoxy) is 1. The Balaban J connectivity index is 2.34. The molecule has 1 atom stereocenters. The molecule has 0 fully saturated rings. The van der Waals surface area contributed by atoms with E-state index in [1.807, 2.05) is 36.4 Å². The second-order valence-corrected chi connectivity index (χ2v) is 4.30. The third-order valence-electron chi connectivity index (χ3n) is 2.47. The van der Waals surface area contributed by atoms with E-state index in [4.69, 9.17) is 15.0 Å². The molecule has 0 radical (unpaired) electrons. The molecule has 4 nitrogen and oxygen atoms in total. The van der Waals surface area contributed by atoms with Crippen molar-refractivity contribution in [1.82, 2.24) is 5.43 Å². The number of nitrogens with two attached hydrogens (primary N) is 1. The molecular formula is C12H13BrN2O2. The van der Waals surface area contributed by atoms with Crippen molar-refractivity contribution in [1.29, 1.82) is 0 Å². The summed E-state index contributed by atoms with van der Waals surface area (Å²) >= 11 is 3.27. The normalized spacial score (nSPS) is 12.4. The van der Waals surface area contributed by atoms with E-state index >= 15 is 0 Å². The van der Waals surface area contributed by atoms with Gasteiger partial charge in [0.05, 0.1) is 7.11 Å². The summed E-state index contributed by atoms with van der Waals surface area (Å²) in [6.45, 7) is 0. The highest BCUT2D eigenvalue weighted by Gasteiger charge is 2.16. The highest BCUT2D eigenvalue weighted by atomic mass is 79.9. The summed E-state index contributed by atoms with van der Waals surface area (Å²) in [5, 5.41) is 0. The first-order valence-corrected chi connectivity index (χ1v) is 5.89. The lowest BCUT2D eigenvalue weighted by Gasteiger charge is -2.14. The van der Waals surface area contributed by atoms with Crippen molar-refractivity contribution >= 4 is 15.9 Å². The molecule has 1 heterocycles. The monoisotopic (exact) mass is 296 g/mol. The number of hydrogen-bond donors (Lipinski definition) is 2. The van der Waals surface area contributed by atoms with E-state index in [2.05, 4.69) is 21.4 Å². The minimum Gasteiger partial charge on any atom is -0.497 e. The van der Waals surface area contributed by atoms with Crippen LogP contribution in [0.3, 0.4) is 0 Å². The van der Waals surface area contributed by atoms with E-state index in [1.165, 1.54) is 0 Å². The number of hydrogen-bond acceptors (Lipinski definition) is 4. The molecule has 0 amide bonds. The van der Waals surface area contributed by atoms with Crippen molar-refractivity contribution in [2.45, 2.75) is 6.04 Å². The van der Waals surface area contributed by atoms with Crippen molar-refractivity contribution in [2.75, 3.05) is 7.11 Å². The highest BCUT2D eigenvalue weighted by molar-refractivity contribution is 9.10. The maximum absolute atomic E-state index is 5.57. The van der Waals surface area contributed by atoms with Gasteiger partial charge in [-0.25, -0.2) is 5.43 Å². The van der Waals surface area contributed by atoms with Crippen LogP contribution in [-0.2, 0) is 0 Å². The quantitative estimate of drug-likeness (QED) is 0.672. The Kier molecular flexibility index (Phi) is 3.83. The molecule has 2 rings (SSSR count). The van der Waals surface area contributed by atoms with Crippen molar-refractivity contribution in [3.63, 3.8) is 0 Å². The van der Waals surface area contributed by atoms with Gasteiger partial charge in [-0.15, -0.1) is 0 Å². The van der Waals surface area contributed by atoms with Gasteiger partial charge in [-0.2, -0.15) is 0 Å². The predicted octanol–water partition coefficient (Wildman–Crippen LogP) is 2.60. The molecule has 1 unspecified atom stereocenters. The number of halogens is 1. The molecule has 0 spiro atoms. The van der Waals surface area contributed by atoms with E-state index in [1.54, 1.807) is 7.11 Å². The first-order valence-electron chi connectivity index (χ1n) is 5.10. The van der Waals surface area contributed by atoms with Crippen LogP contribution in [0.5, 0.6) is 5.75 Å². The number of furan rings is 1. The number of hydrazine groups is 1. The van der Waals surface area contributed by atoms with Crippen LogP contribution in [0.1, 0.15) is 17.4 Å². The predicted molar refractivity (Wildman–Crippen MR) is 68.6 cm³/mol. The fourth-order valence-electron chi connectivity index (χ4n) is 1.65. The summed E-state index contributed by atoms with van der Waals surface area (Å²) in [6.07, 6.45) is 0. The second kappa shape index (κ2) is 5.35. The van der Waals surface area contributed by atoms with E-state index in [0.29, 0.717) is 4.67 Å². The molecule has 17 heavy (non-hydrogen) atoms. The maximum Gasteiger partial charge on any atom is 0.169 e. The average molecular weight is 297 g/mol. The Morgan fingerprint density at radius 1 is 1.35 bits per heavy atom. The Morgan fingerprint density at radius 2 is 2.18 bits per heavy atom. The Labute approximate surface area is 108 Å². The molecular weight excluding hydrogens is 284 g/mol. The van der Waals surface area contributed by atoms with E-state index < -0.39 is 0 Å². The van der Waals surface area contributed by atoms with E-state index in [9.17, 15) is 0 Å². The average Bonchev–Trinajstić information content (AvgIpc) is 2.77. The van der Waals surface area contributed by atoms with Crippen LogP contribution in [0.4, 0.5) is 0 Å². The summed E-state index contributed by atoms with van der Waals surface area (Å²) in [6, 6.07) is 11.2. The SMILES string of the molecule is COc1cccc(C(NN)c2ccc(Br)o2)c1. The molecule has 90 valence electrons. The van der Waals surface area contributed by atoms with Crippen LogP contribution in [0.15, 0.2) is 45.5 Å². The van der Waals surface area contributed by atoms with Gasteiger partial charge in [0.2, 0.25) is 0 Å². The van der Waals surface area contributed by atoms with Gasteiger partial charge in [-0.1, -0.05) is 12.1 Å². The van der Waals surface area contributed by atoms with Crippen LogP contribution in [0.2, 0.25) is 0 Å². The Hall–Kier alpha value is -1.30. The summed E-state index contributed by atoms with van der Waals surface area (Å²) in [5.74, 6) is 7.10. The summed E-state index contributed by atoms with van der Waals surface area (Å²) in [7, 11) is 1.63. The fraction of sp³-hybridized carbons (Fsp3) is 0.167. The van der Waals surface area contributed by atoms with Gasteiger partial charge in [-0.3, -0.25) is 5.84 Å². The molecule has 0 aliphatic rings. The molecule has 0 saturated heterocycles. The van der Waals surface area contributed by atoms with Crippen molar-refractivity contribution in [3.05, 3.63) is 52.4 Å². The molecule has 3 N–H and O–H groups in total. The minimum absolute atomic E-state index is 0.198. The zero-order valence-corrected chi connectivity index (χ0v) is 10.9. The standard InChI is InChI=1S/C12H13BrN2O2/c1-16-9-4-2-3-8(7-9)12(15-14)10-5-6-11(13)17-10/h2-7,12,15H,14H2,1H3. The summed E-state index contributed by atoms with van der Waals surface area (Å²) in [5.41, 5.74) is 3.71. The van der Waals surface area contributed by atoms with Crippen LogP contribution in [0.25, 0.3) is 0 Å². The molecule has 0 aliphatic carbocycles. The summed E-state index contributed by atoms with van der Waals surface area (Å²) in [4.78, 5) is 0. The van der Waals surface area contributed by atoms with Gasteiger partial charge in [-0.05, 0) is 45.8 Å². The smallest absolute Gasteiger partial charge is 0.169 e. The van der Waals surface area contributed by atoms with Gasteiger partial charge in [0.15, 0.2) is 4.67 Å². The lowest BCUT2D eigenvalue weighted by molar-refractivity contribution is 0.410. The Bertz CT molecular complexity index is 499. The molecule has 0 aliphatic heterocycles. The van der Waals surface area contributed by atoms with Gasteiger partial charge in [0.25, 0.3) is 0 Å².